The third-order valence-corrected chi connectivity index (χ3v) is 6.42. The maximum Gasteiger partial charge on any atom is 0.417 e. The maximum absolute atomic E-state index is 14.4. The molecule has 2 N–H and O–H groups in total. The van der Waals surface area contributed by atoms with Gasteiger partial charge in [-0.2, -0.15) is 13.2 Å². The number of halogens is 4. The Hall–Kier alpha value is -1.41. The van der Waals surface area contributed by atoms with Crippen LogP contribution in [0, 0.1) is 0 Å². The Morgan fingerprint density at radius 1 is 1.24 bits per heavy atom. The Labute approximate surface area is 194 Å². The van der Waals surface area contributed by atoms with Crippen molar-refractivity contribution in [3.63, 3.8) is 0 Å². The number of aliphatic hydroxyl groups is 2. The minimum atomic E-state index is -5.05. The van der Waals surface area contributed by atoms with Gasteiger partial charge in [-0.05, 0) is 34.6 Å². The number of amidine groups is 1. The quantitative estimate of drug-likeness (QED) is 0.440. The first-order valence-corrected chi connectivity index (χ1v) is 11.0. The second kappa shape index (κ2) is 9.68. The molecule has 0 bridgehead atoms. The third kappa shape index (κ3) is 6.38. The number of ether oxygens (including phenoxy) is 3. The van der Waals surface area contributed by atoms with E-state index in [2.05, 4.69) is 11.6 Å². The molecule has 1 amide bonds. The van der Waals surface area contributed by atoms with Crippen LogP contribution in [-0.4, -0.2) is 92.9 Å². The first-order chi connectivity index (χ1) is 14.9. The van der Waals surface area contributed by atoms with Gasteiger partial charge in [0.15, 0.2) is 16.9 Å². The SMILES string of the molecule is C=CC(C)(F)C(C)O[C@H]([C@H]1O[C@@H]2SC(N(C)C(=O)OC(C)(C)C)=N[C@@H]2[C@@H](O)[C@@H]1O)C(F)(F)F. The van der Waals surface area contributed by atoms with E-state index in [0.29, 0.717) is 0 Å². The van der Waals surface area contributed by atoms with E-state index >= 15 is 0 Å². The van der Waals surface area contributed by atoms with E-state index in [0.717, 1.165) is 36.6 Å². The lowest BCUT2D eigenvalue weighted by atomic mass is 9.94. The molecule has 0 saturated carbocycles. The van der Waals surface area contributed by atoms with Crippen molar-refractivity contribution in [1.82, 2.24) is 4.90 Å². The van der Waals surface area contributed by atoms with Gasteiger partial charge >= 0.3 is 12.3 Å². The molecule has 0 aliphatic carbocycles. The summed E-state index contributed by atoms with van der Waals surface area (Å²) >= 11 is 0.792. The highest BCUT2D eigenvalue weighted by atomic mass is 32.2. The monoisotopic (exact) mass is 502 g/mol. The van der Waals surface area contributed by atoms with E-state index in [9.17, 15) is 32.6 Å². The van der Waals surface area contributed by atoms with Crippen LogP contribution in [0.25, 0.3) is 0 Å². The average Bonchev–Trinajstić information content (AvgIpc) is 3.10. The predicted octanol–water partition coefficient (Wildman–Crippen LogP) is 3.02. The number of amides is 1. The number of aliphatic hydroxyl groups excluding tert-OH is 2. The molecule has 2 heterocycles. The van der Waals surface area contributed by atoms with Crippen LogP contribution in [0.4, 0.5) is 22.4 Å². The van der Waals surface area contributed by atoms with Gasteiger partial charge in [0.2, 0.25) is 0 Å². The molecule has 0 aromatic rings. The van der Waals surface area contributed by atoms with Gasteiger partial charge in [0.05, 0.1) is 6.10 Å². The minimum Gasteiger partial charge on any atom is -0.443 e. The molecular weight excluding hydrogens is 472 g/mol. The highest BCUT2D eigenvalue weighted by Crippen LogP contribution is 2.42. The van der Waals surface area contributed by atoms with E-state index < -0.39 is 65.5 Å². The normalized spacial score (nSPS) is 31.6. The van der Waals surface area contributed by atoms with Gasteiger partial charge in [0.25, 0.3) is 0 Å². The van der Waals surface area contributed by atoms with Crippen LogP contribution in [0.2, 0.25) is 0 Å². The van der Waals surface area contributed by atoms with Crippen LogP contribution >= 0.6 is 11.8 Å². The van der Waals surface area contributed by atoms with Crippen LogP contribution in [0.15, 0.2) is 17.6 Å². The first-order valence-electron chi connectivity index (χ1n) is 10.2. The summed E-state index contributed by atoms with van der Waals surface area (Å²) in [5, 5.41) is 21.0. The van der Waals surface area contributed by atoms with Crippen LogP contribution in [0.3, 0.4) is 0 Å². The molecule has 0 spiro atoms. The van der Waals surface area contributed by atoms with Gasteiger partial charge in [0, 0.05) is 7.05 Å². The zero-order valence-electron chi connectivity index (χ0n) is 19.2. The van der Waals surface area contributed by atoms with Crippen molar-refractivity contribution in [1.29, 1.82) is 0 Å². The van der Waals surface area contributed by atoms with Crippen molar-refractivity contribution in [2.24, 2.45) is 4.99 Å². The lowest BCUT2D eigenvalue weighted by Gasteiger charge is -2.43. The molecule has 8 atom stereocenters. The number of carbonyl (C=O) groups is 1. The van der Waals surface area contributed by atoms with E-state index in [1.165, 1.54) is 7.05 Å². The zero-order chi connectivity index (χ0) is 25.5. The summed E-state index contributed by atoms with van der Waals surface area (Å²) in [5.41, 5.74) is -4.25. The lowest BCUT2D eigenvalue weighted by molar-refractivity contribution is -0.297. The number of nitrogens with zero attached hydrogens (tertiary/aromatic N) is 2. The van der Waals surface area contributed by atoms with Crippen LogP contribution in [0.5, 0.6) is 0 Å². The molecule has 33 heavy (non-hydrogen) atoms. The van der Waals surface area contributed by atoms with E-state index in [1.807, 2.05) is 0 Å². The average molecular weight is 503 g/mol. The number of aliphatic imine (C=N–C) groups is 1. The summed E-state index contributed by atoms with van der Waals surface area (Å²) in [7, 11) is 1.35. The number of carbonyl (C=O) groups excluding carboxylic acids is 1. The molecule has 0 radical (unpaired) electrons. The highest BCUT2D eigenvalue weighted by Gasteiger charge is 2.58. The Balaban J connectivity index is 2.23. The zero-order valence-corrected chi connectivity index (χ0v) is 20.0. The Bertz CT molecular complexity index is 773. The summed E-state index contributed by atoms with van der Waals surface area (Å²) in [6.07, 6.45) is -15.2. The highest BCUT2D eigenvalue weighted by molar-refractivity contribution is 8.14. The fourth-order valence-electron chi connectivity index (χ4n) is 3.05. The van der Waals surface area contributed by atoms with Crippen molar-refractivity contribution in [2.45, 2.75) is 94.1 Å². The number of fused-ring (bicyclic) bond motifs is 1. The minimum absolute atomic E-state index is 0.0342. The molecule has 13 heteroatoms. The van der Waals surface area contributed by atoms with E-state index in [1.54, 1.807) is 20.8 Å². The van der Waals surface area contributed by atoms with Crippen LogP contribution in [-0.2, 0) is 14.2 Å². The third-order valence-electron chi connectivity index (χ3n) is 5.21. The van der Waals surface area contributed by atoms with E-state index in [4.69, 9.17) is 14.2 Å². The number of hydrogen-bond acceptors (Lipinski definition) is 8. The largest absolute Gasteiger partial charge is 0.443 e. The fraction of sp³-hybridized carbons (Fsp3) is 0.800. The molecule has 2 aliphatic rings. The molecular formula is C20H30F4N2O6S. The first kappa shape index (κ1) is 27.8. The maximum atomic E-state index is 14.4. The van der Waals surface area contributed by atoms with Crippen molar-refractivity contribution >= 4 is 23.0 Å². The molecule has 2 aliphatic heterocycles. The molecule has 0 aromatic heterocycles. The van der Waals surface area contributed by atoms with E-state index in [-0.39, 0.29) is 5.17 Å². The molecule has 8 nitrogen and oxygen atoms in total. The molecule has 190 valence electrons. The Morgan fingerprint density at radius 3 is 2.30 bits per heavy atom. The standard InChI is InChI=1S/C20H30F4N2O6S/c1-8-19(6,21)9(2)30-14(20(22,23)24)13-12(28)11(27)10-15(31-13)33-16(25-10)26(7)17(29)32-18(3,4)5/h8-15,27-28H,1H2,2-7H3/t9?,10-,11-,12+,13+,14-,15-,19?/m1/s1. The van der Waals surface area contributed by atoms with Crippen molar-refractivity contribution in [2.75, 3.05) is 7.05 Å². The molecule has 2 unspecified atom stereocenters. The number of alkyl halides is 4. The van der Waals surface area contributed by atoms with Crippen molar-refractivity contribution in [3.8, 4) is 0 Å². The van der Waals surface area contributed by atoms with Gasteiger partial charge in [-0.15, -0.1) is 0 Å². The smallest absolute Gasteiger partial charge is 0.417 e. The van der Waals surface area contributed by atoms with Crippen molar-refractivity contribution in [3.05, 3.63) is 12.7 Å². The lowest BCUT2D eigenvalue weighted by Crippen LogP contribution is -2.62. The molecule has 1 fully saturated rings. The second-order valence-corrected chi connectivity index (χ2v) is 10.2. The summed E-state index contributed by atoms with van der Waals surface area (Å²) in [6.45, 7) is 10.3. The Kier molecular flexibility index (Phi) is 8.17. The van der Waals surface area contributed by atoms with Gasteiger partial charge < -0.3 is 24.4 Å². The number of hydrogen-bond donors (Lipinski definition) is 2. The van der Waals surface area contributed by atoms with Crippen molar-refractivity contribution < 1.29 is 46.8 Å². The van der Waals surface area contributed by atoms with Gasteiger partial charge in [-0.3, -0.25) is 9.89 Å². The molecule has 1 saturated heterocycles. The van der Waals surface area contributed by atoms with Gasteiger partial charge in [0.1, 0.15) is 35.4 Å². The molecule has 2 rings (SSSR count). The number of rotatable bonds is 5. The summed E-state index contributed by atoms with van der Waals surface area (Å²) in [4.78, 5) is 17.5. The fourth-order valence-corrected chi connectivity index (χ4v) is 4.22. The van der Waals surface area contributed by atoms with Crippen LogP contribution < -0.4 is 0 Å². The Morgan fingerprint density at radius 2 is 1.82 bits per heavy atom. The summed E-state index contributed by atoms with van der Waals surface area (Å²) in [5.74, 6) is 0. The van der Waals surface area contributed by atoms with Gasteiger partial charge in [-0.25, -0.2) is 9.18 Å². The summed E-state index contributed by atoms with van der Waals surface area (Å²) < 4.78 is 71.5. The van der Waals surface area contributed by atoms with Gasteiger partial charge in [-0.1, -0.05) is 24.4 Å². The molecule has 0 aromatic carbocycles. The number of thioether (sulfide) groups is 1. The van der Waals surface area contributed by atoms with Crippen LogP contribution in [0.1, 0.15) is 34.6 Å². The topological polar surface area (TPSA) is 101 Å². The second-order valence-electron chi connectivity index (χ2n) is 9.11. The summed E-state index contributed by atoms with van der Waals surface area (Å²) in [6, 6.07) is -1.15. The predicted molar refractivity (Wildman–Crippen MR) is 114 cm³/mol.